The van der Waals surface area contributed by atoms with Crippen LogP contribution in [-0.4, -0.2) is 4.21 Å². The molecule has 0 N–H and O–H groups in total. The zero-order chi connectivity index (χ0) is 13.0. The Labute approximate surface area is 119 Å². The number of hydrogen-bond donors (Lipinski definition) is 0. The van der Waals surface area contributed by atoms with Gasteiger partial charge in [0.05, 0.1) is 5.75 Å². The molecule has 4 heteroatoms. The first-order valence-corrected chi connectivity index (χ1v) is 7.72. The van der Waals surface area contributed by atoms with Crippen molar-refractivity contribution in [3.8, 4) is 0 Å². The highest BCUT2D eigenvalue weighted by atomic mass is 35.5. The van der Waals surface area contributed by atoms with Gasteiger partial charge in [0, 0.05) is 26.6 Å². The van der Waals surface area contributed by atoms with Gasteiger partial charge >= 0.3 is 0 Å². The van der Waals surface area contributed by atoms with Gasteiger partial charge in [0.2, 0.25) is 0 Å². The van der Waals surface area contributed by atoms with E-state index in [4.69, 9.17) is 23.2 Å². The van der Waals surface area contributed by atoms with E-state index in [1.165, 1.54) is 0 Å². The van der Waals surface area contributed by atoms with Gasteiger partial charge in [0.25, 0.3) is 0 Å². The van der Waals surface area contributed by atoms with Crippen LogP contribution in [0.25, 0.3) is 0 Å². The number of halogens is 2. The van der Waals surface area contributed by atoms with Crippen molar-refractivity contribution in [2.24, 2.45) is 0 Å². The third kappa shape index (κ3) is 3.84. The molecule has 0 saturated heterocycles. The highest BCUT2D eigenvalue weighted by Crippen LogP contribution is 2.22. The molecule has 0 saturated carbocycles. The third-order valence-corrected chi connectivity index (χ3v) is 4.38. The lowest BCUT2D eigenvalue weighted by atomic mass is 10.2. The fraction of sp³-hybridized carbons (Fsp3) is 0.143. The quantitative estimate of drug-likeness (QED) is 0.815. The molecule has 0 aromatic heterocycles. The molecule has 1 nitrogen and oxygen atoms in total. The van der Waals surface area contributed by atoms with E-state index in [1.807, 2.05) is 36.4 Å². The van der Waals surface area contributed by atoms with Gasteiger partial charge < -0.3 is 0 Å². The maximum Gasteiger partial charge on any atom is 0.0503 e. The lowest BCUT2D eigenvalue weighted by Crippen LogP contribution is -2.00. The van der Waals surface area contributed by atoms with Crippen molar-refractivity contribution < 1.29 is 4.21 Å². The van der Waals surface area contributed by atoms with Crippen LogP contribution in [0.4, 0.5) is 0 Å². The van der Waals surface area contributed by atoms with Crippen LogP contribution in [0.5, 0.6) is 0 Å². The van der Waals surface area contributed by atoms with Crippen LogP contribution < -0.4 is 0 Å². The van der Waals surface area contributed by atoms with Gasteiger partial charge in [-0.25, -0.2) is 0 Å². The summed E-state index contributed by atoms with van der Waals surface area (Å²) in [5.41, 5.74) is 1.94. The molecule has 0 aliphatic heterocycles. The Morgan fingerprint density at radius 3 is 2.33 bits per heavy atom. The Kier molecular flexibility index (Phi) is 4.81. The SMILES string of the molecule is O=S(Cc1ccccc1)Cc1ccc(Cl)cc1Cl. The van der Waals surface area contributed by atoms with Gasteiger partial charge in [0.15, 0.2) is 0 Å². The molecule has 1 atom stereocenters. The fourth-order valence-electron chi connectivity index (χ4n) is 1.62. The van der Waals surface area contributed by atoms with Crippen LogP contribution in [0.1, 0.15) is 11.1 Å². The highest BCUT2D eigenvalue weighted by molar-refractivity contribution is 7.83. The minimum Gasteiger partial charge on any atom is -0.259 e. The second-order valence-electron chi connectivity index (χ2n) is 3.95. The van der Waals surface area contributed by atoms with E-state index >= 15 is 0 Å². The Morgan fingerprint density at radius 2 is 1.67 bits per heavy atom. The first-order chi connectivity index (χ1) is 8.65. The molecule has 18 heavy (non-hydrogen) atoms. The normalized spacial score (nSPS) is 12.3. The van der Waals surface area contributed by atoms with Crippen molar-refractivity contribution in [1.82, 2.24) is 0 Å². The summed E-state index contributed by atoms with van der Waals surface area (Å²) in [7, 11) is -0.966. The van der Waals surface area contributed by atoms with E-state index in [-0.39, 0.29) is 0 Å². The minimum absolute atomic E-state index is 0.449. The lowest BCUT2D eigenvalue weighted by Gasteiger charge is -2.05. The smallest absolute Gasteiger partial charge is 0.0503 e. The van der Waals surface area contributed by atoms with Gasteiger partial charge in [0.1, 0.15) is 0 Å². The lowest BCUT2D eigenvalue weighted by molar-refractivity contribution is 0.682. The van der Waals surface area contributed by atoms with Crippen molar-refractivity contribution in [3.05, 3.63) is 69.7 Å². The van der Waals surface area contributed by atoms with E-state index in [1.54, 1.807) is 12.1 Å². The maximum atomic E-state index is 12.0. The molecule has 0 bridgehead atoms. The molecular weight excluding hydrogens is 287 g/mol. The Morgan fingerprint density at radius 1 is 0.944 bits per heavy atom. The molecule has 0 aliphatic rings. The average molecular weight is 299 g/mol. The number of rotatable bonds is 4. The van der Waals surface area contributed by atoms with Crippen LogP contribution in [0, 0.1) is 0 Å². The maximum absolute atomic E-state index is 12.0. The summed E-state index contributed by atoms with van der Waals surface area (Å²) in [5, 5.41) is 1.17. The topological polar surface area (TPSA) is 17.1 Å². The van der Waals surface area contributed by atoms with Crippen LogP contribution in [-0.2, 0) is 22.3 Å². The zero-order valence-corrected chi connectivity index (χ0v) is 11.9. The van der Waals surface area contributed by atoms with Crippen molar-refractivity contribution >= 4 is 34.0 Å². The van der Waals surface area contributed by atoms with E-state index in [9.17, 15) is 4.21 Å². The predicted octanol–water partition coefficient (Wildman–Crippen LogP) is 4.44. The summed E-state index contributed by atoms with van der Waals surface area (Å²) in [6, 6.07) is 15.1. The Balaban J connectivity index is 2.03. The first kappa shape index (κ1) is 13.6. The van der Waals surface area contributed by atoms with Crippen LogP contribution in [0.3, 0.4) is 0 Å². The average Bonchev–Trinajstić information content (AvgIpc) is 2.34. The molecular formula is C14H12Cl2OS. The molecule has 1 unspecified atom stereocenters. The molecule has 0 aliphatic carbocycles. The largest absolute Gasteiger partial charge is 0.259 e. The summed E-state index contributed by atoms with van der Waals surface area (Å²) in [6.07, 6.45) is 0. The molecule has 0 amide bonds. The van der Waals surface area contributed by atoms with Gasteiger partial charge in [-0.05, 0) is 23.3 Å². The van der Waals surface area contributed by atoms with Gasteiger partial charge in [-0.2, -0.15) is 0 Å². The third-order valence-electron chi connectivity index (χ3n) is 2.50. The summed E-state index contributed by atoms with van der Waals surface area (Å²) >= 11 is 11.9. The predicted molar refractivity (Wildman–Crippen MR) is 78.5 cm³/mol. The van der Waals surface area contributed by atoms with Crippen LogP contribution in [0.2, 0.25) is 10.0 Å². The summed E-state index contributed by atoms with van der Waals surface area (Å²) < 4.78 is 12.0. The molecule has 2 rings (SSSR count). The second-order valence-corrected chi connectivity index (χ2v) is 6.25. The van der Waals surface area contributed by atoms with Crippen molar-refractivity contribution in [1.29, 1.82) is 0 Å². The van der Waals surface area contributed by atoms with Gasteiger partial charge in [-0.1, -0.05) is 59.6 Å². The highest BCUT2D eigenvalue weighted by Gasteiger charge is 2.07. The standard InChI is InChI=1S/C14H12Cl2OS/c15-13-7-6-12(14(16)8-13)10-18(17)9-11-4-2-1-3-5-11/h1-8H,9-10H2. The molecule has 94 valence electrons. The molecule has 0 heterocycles. The van der Waals surface area contributed by atoms with Gasteiger partial charge in [-0.15, -0.1) is 0 Å². The molecule has 0 radical (unpaired) electrons. The first-order valence-electron chi connectivity index (χ1n) is 5.48. The van der Waals surface area contributed by atoms with Crippen molar-refractivity contribution in [2.45, 2.75) is 11.5 Å². The fourth-order valence-corrected chi connectivity index (χ4v) is 3.44. The van der Waals surface area contributed by atoms with E-state index in [0.29, 0.717) is 21.6 Å². The molecule has 0 fully saturated rings. The Hall–Kier alpha value is -0.830. The number of hydrogen-bond acceptors (Lipinski definition) is 1. The van der Waals surface area contributed by atoms with E-state index in [0.717, 1.165) is 11.1 Å². The van der Waals surface area contributed by atoms with E-state index < -0.39 is 10.8 Å². The summed E-state index contributed by atoms with van der Waals surface area (Å²) in [6.45, 7) is 0. The second kappa shape index (κ2) is 6.37. The van der Waals surface area contributed by atoms with Gasteiger partial charge in [-0.3, -0.25) is 4.21 Å². The summed E-state index contributed by atoms with van der Waals surface area (Å²) in [5.74, 6) is 0.991. The van der Waals surface area contributed by atoms with Crippen molar-refractivity contribution in [3.63, 3.8) is 0 Å². The molecule has 2 aromatic rings. The minimum atomic E-state index is -0.966. The Bertz CT molecular complexity index is 555. The van der Waals surface area contributed by atoms with E-state index in [2.05, 4.69) is 0 Å². The molecule has 0 spiro atoms. The number of benzene rings is 2. The van der Waals surface area contributed by atoms with Crippen LogP contribution >= 0.6 is 23.2 Å². The van der Waals surface area contributed by atoms with Crippen molar-refractivity contribution in [2.75, 3.05) is 0 Å². The molecule has 2 aromatic carbocycles. The monoisotopic (exact) mass is 298 g/mol. The zero-order valence-electron chi connectivity index (χ0n) is 9.61. The van der Waals surface area contributed by atoms with Crippen LogP contribution in [0.15, 0.2) is 48.5 Å². The summed E-state index contributed by atoms with van der Waals surface area (Å²) in [4.78, 5) is 0.